The van der Waals surface area contributed by atoms with Gasteiger partial charge in [-0.15, -0.1) is 23.4 Å². The Balaban J connectivity index is 1.34. The highest BCUT2D eigenvalue weighted by atomic mass is 35.5. The van der Waals surface area contributed by atoms with Crippen LogP contribution in [0.1, 0.15) is 18.6 Å². The standard InChI is InChI=1S/C24H23ClN2O3S/c25-14-22(28)26-11-9-24(10-12-26)27(23(29)16-31-24)15-20-7-8-21(30-20)19-6-5-17-3-1-2-4-18(17)13-19/h1-8,13H,9-12,14-16H2. The van der Waals surface area contributed by atoms with Crippen molar-refractivity contribution in [3.05, 3.63) is 60.4 Å². The predicted octanol–water partition coefficient (Wildman–Crippen LogP) is 4.73. The molecule has 2 amide bonds. The van der Waals surface area contributed by atoms with Gasteiger partial charge in [-0.05, 0) is 41.8 Å². The van der Waals surface area contributed by atoms with Gasteiger partial charge in [-0.3, -0.25) is 9.59 Å². The molecule has 5 rings (SSSR count). The van der Waals surface area contributed by atoms with Crippen molar-refractivity contribution in [3.8, 4) is 11.3 Å². The second-order valence-electron chi connectivity index (χ2n) is 8.06. The van der Waals surface area contributed by atoms with E-state index in [1.165, 1.54) is 10.8 Å². The predicted molar refractivity (Wildman–Crippen MR) is 124 cm³/mol. The lowest BCUT2D eigenvalue weighted by Crippen LogP contribution is -2.52. The van der Waals surface area contributed by atoms with Crippen LogP contribution in [0.2, 0.25) is 0 Å². The Morgan fingerprint density at radius 1 is 1.06 bits per heavy atom. The summed E-state index contributed by atoms with van der Waals surface area (Å²) in [5, 5.41) is 2.36. The van der Waals surface area contributed by atoms with E-state index in [-0.39, 0.29) is 22.6 Å². The Morgan fingerprint density at radius 2 is 1.84 bits per heavy atom. The van der Waals surface area contributed by atoms with Gasteiger partial charge in [0.2, 0.25) is 11.8 Å². The Morgan fingerprint density at radius 3 is 2.61 bits per heavy atom. The van der Waals surface area contributed by atoms with E-state index in [1.54, 1.807) is 16.7 Å². The summed E-state index contributed by atoms with van der Waals surface area (Å²) >= 11 is 7.40. The third kappa shape index (κ3) is 3.83. The summed E-state index contributed by atoms with van der Waals surface area (Å²) < 4.78 is 6.15. The minimum Gasteiger partial charge on any atom is -0.459 e. The van der Waals surface area contributed by atoms with Crippen molar-refractivity contribution in [2.75, 3.05) is 24.7 Å². The Bertz CT molecular complexity index is 1140. The molecular weight excluding hydrogens is 432 g/mol. The van der Waals surface area contributed by atoms with Crippen LogP contribution in [0.25, 0.3) is 22.1 Å². The molecule has 31 heavy (non-hydrogen) atoms. The first-order valence-electron chi connectivity index (χ1n) is 10.4. The molecule has 2 aliphatic heterocycles. The molecule has 2 aliphatic rings. The van der Waals surface area contributed by atoms with Crippen molar-refractivity contribution in [1.29, 1.82) is 0 Å². The van der Waals surface area contributed by atoms with Gasteiger partial charge in [-0.25, -0.2) is 0 Å². The van der Waals surface area contributed by atoms with E-state index in [2.05, 4.69) is 30.3 Å². The molecule has 3 heterocycles. The van der Waals surface area contributed by atoms with E-state index in [9.17, 15) is 9.59 Å². The topological polar surface area (TPSA) is 53.8 Å². The van der Waals surface area contributed by atoms with Crippen molar-refractivity contribution in [2.45, 2.75) is 24.3 Å². The van der Waals surface area contributed by atoms with Crippen LogP contribution in [0.15, 0.2) is 59.0 Å². The van der Waals surface area contributed by atoms with Gasteiger partial charge < -0.3 is 14.2 Å². The molecule has 2 fully saturated rings. The van der Waals surface area contributed by atoms with Gasteiger partial charge in [0.1, 0.15) is 17.4 Å². The molecule has 1 aromatic heterocycles. The molecule has 0 bridgehead atoms. The minimum atomic E-state index is -0.268. The number of nitrogens with zero attached hydrogens (tertiary/aromatic N) is 2. The van der Waals surface area contributed by atoms with Crippen LogP contribution in [0.5, 0.6) is 0 Å². The van der Waals surface area contributed by atoms with Gasteiger partial charge in [-0.2, -0.15) is 0 Å². The Hall–Kier alpha value is -2.44. The van der Waals surface area contributed by atoms with E-state index < -0.39 is 0 Å². The maximum absolute atomic E-state index is 12.7. The minimum absolute atomic E-state index is 0.00668. The number of rotatable bonds is 4. The molecule has 2 saturated heterocycles. The number of benzene rings is 2. The lowest BCUT2D eigenvalue weighted by atomic mass is 10.0. The zero-order chi connectivity index (χ0) is 21.4. The maximum atomic E-state index is 12.7. The zero-order valence-corrected chi connectivity index (χ0v) is 18.6. The summed E-state index contributed by atoms with van der Waals surface area (Å²) in [6.07, 6.45) is 1.51. The summed E-state index contributed by atoms with van der Waals surface area (Å²) in [7, 11) is 0. The fourth-order valence-corrected chi connectivity index (χ4v) is 6.04. The van der Waals surface area contributed by atoms with Crippen LogP contribution in [0.4, 0.5) is 0 Å². The highest BCUT2D eigenvalue weighted by molar-refractivity contribution is 8.01. The molecule has 0 atom stereocenters. The van der Waals surface area contributed by atoms with Crippen LogP contribution >= 0.6 is 23.4 Å². The number of hydrogen-bond acceptors (Lipinski definition) is 4. The Labute approximate surface area is 190 Å². The van der Waals surface area contributed by atoms with Crippen LogP contribution in [-0.2, 0) is 16.1 Å². The molecular formula is C24H23ClN2O3S. The van der Waals surface area contributed by atoms with E-state index in [0.717, 1.165) is 29.9 Å². The van der Waals surface area contributed by atoms with Crippen molar-refractivity contribution in [3.63, 3.8) is 0 Å². The number of alkyl halides is 1. The first kappa shape index (κ1) is 20.5. The number of hydrogen-bond donors (Lipinski definition) is 0. The van der Waals surface area contributed by atoms with Crippen LogP contribution in [0, 0.1) is 0 Å². The number of fused-ring (bicyclic) bond motifs is 1. The lowest BCUT2D eigenvalue weighted by molar-refractivity contribution is -0.134. The van der Waals surface area contributed by atoms with Crippen molar-refractivity contribution in [1.82, 2.24) is 9.80 Å². The molecule has 0 saturated carbocycles. The maximum Gasteiger partial charge on any atom is 0.237 e. The fourth-order valence-electron chi connectivity index (χ4n) is 4.53. The monoisotopic (exact) mass is 454 g/mol. The number of thioether (sulfide) groups is 1. The van der Waals surface area contributed by atoms with Crippen LogP contribution < -0.4 is 0 Å². The van der Waals surface area contributed by atoms with E-state index in [1.807, 2.05) is 29.2 Å². The number of carbonyl (C=O) groups is 2. The van der Waals surface area contributed by atoms with Crippen molar-refractivity contribution < 1.29 is 14.0 Å². The highest BCUT2D eigenvalue weighted by Gasteiger charge is 2.48. The molecule has 0 radical (unpaired) electrons. The summed E-state index contributed by atoms with van der Waals surface area (Å²) in [6, 6.07) is 18.5. The number of piperidine rings is 1. The molecule has 7 heteroatoms. The molecule has 160 valence electrons. The van der Waals surface area contributed by atoms with Gasteiger partial charge in [0, 0.05) is 18.7 Å². The van der Waals surface area contributed by atoms with Crippen molar-refractivity contribution >= 4 is 45.9 Å². The molecule has 5 nitrogen and oxygen atoms in total. The summed E-state index contributed by atoms with van der Waals surface area (Å²) in [6.45, 7) is 1.70. The van der Waals surface area contributed by atoms with Gasteiger partial charge in [-0.1, -0.05) is 36.4 Å². The highest BCUT2D eigenvalue weighted by Crippen LogP contribution is 2.45. The second kappa shape index (κ2) is 8.24. The smallest absolute Gasteiger partial charge is 0.237 e. The first-order valence-corrected chi connectivity index (χ1v) is 12.0. The zero-order valence-electron chi connectivity index (χ0n) is 17.1. The quantitative estimate of drug-likeness (QED) is 0.534. The number of halogens is 1. The summed E-state index contributed by atoms with van der Waals surface area (Å²) in [5.41, 5.74) is 1.02. The molecule has 0 N–H and O–H groups in total. The molecule has 3 aromatic rings. The summed E-state index contributed by atoms with van der Waals surface area (Å²) in [4.78, 5) is 28.1. The van der Waals surface area contributed by atoms with E-state index in [4.69, 9.17) is 16.0 Å². The molecule has 1 spiro atoms. The van der Waals surface area contributed by atoms with Crippen LogP contribution in [-0.4, -0.2) is 51.2 Å². The SMILES string of the molecule is O=C(CCl)N1CCC2(CC1)SCC(=O)N2Cc1ccc(-c2ccc3ccccc3c2)o1. The number of likely N-dealkylation sites (tertiary alicyclic amines) is 1. The van der Waals surface area contributed by atoms with Crippen LogP contribution in [0.3, 0.4) is 0 Å². The molecule has 0 unspecified atom stereocenters. The average molecular weight is 455 g/mol. The Kier molecular flexibility index (Phi) is 5.44. The summed E-state index contributed by atoms with van der Waals surface area (Å²) in [5.74, 6) is 2.15. The number of furan rings is 1. The van der Waals surface area contributed by atoms with Gasteiger partial charge in [0.25, 0.3) is 0 Å². The number of amides is 2. The van der Waals surface area contributed by atoms with Gasteiger partial charge in [0.15, 0.2) is 0 Å². The third-order valence-electron chi connectivity index (χ3n) is 6.28. The first-order chi connectivity index (χ1) is 15.1. The van der Waals surface area contributed by atoms with E-state index in [0.29, 0.717) is 25.4 Å². The van der Waals surface area contributed by atoms with Gasteiger partial charge in [0.05, 0.1) is 17.2 Å². The average Bonchev–Trinajstić information content (AvgIpc) is 3.40. The third-order valence-corrected chi connectivity index (χ3v) is 8.06. The fraction of sp³-hybridized carbons (Fsp3) is 0.333. The second-order valence-corrected chi connectivity index (χ2v) is 9.66. The van der Waals surface area contributed by atoms with Gasteiger partial charge >= 0.3 is 0 Å². The normalized spacial score (nSPS) is 18.3. The molecule has 2 aromatic carbocycles. The lowest BCUT2D eigenvalue weighted by Gasteiger charge is -2.43. The van der Waals surface area contributed by atoms with E-state index >= 15 is 0 Å². The number of carbonyl (C=O) groups excluding carboxylic acids is 2. The van der Waals surface area contributed by atoms with Crippen molar-refractivity contribution in [2.24, 2.45) is 0 Å². The molecule has 0 aliphatic carbocycles. The largest absolute Gasteiger partial charge is 0.459 e.